The maximum absolute atomic E-state index is 13.1. The van der Waals surface area contributed by atoms with Crippen LogP contribution >= 0.6 is 0 Å². The first-order chi connectivity index (χ1) is 19.6. The van der Waals surface area contributed by atoms with Gasteiger partial charge in [-0.1, -0.05) is 37.5 Å². The molecule has 3 heterocycles. The molecule has 1 N–H and O–H groups in total. The molecule has 0 spiro atoms. The van der Waals surface area contributed by atoms with Crippen molar-refractivity contribution in [3.8, 4) is 5.75 Å². The van der Waals surface area contributed by atoms with E-state index >= 15 is 0 Å². The van der Waals surface area contributed by atoms with Crippen LogP contribution in [-0.4, -0.2) is 78.2 Å². The topological polar surface area (TPSA) is 73.3 Å². The van der Waals surface area contributed by atoms with E-state index in [1.54, 1.807) is 0 Å². The Labute approximate surface area is 239 Å². The molecule has 7 heteroatoms. The smallest absolute Gasteiger partial charge is 0.253 e. The molecule has 2 aromatic carbocycles. The number of piperidine rings is 1. The number of β-amino-alcohol motifs (C(OH)–C–C–N with tert-alkyl or cyclic N) is 1. The van der Waals surface area contributed by atoms with Crippen LogP contribution in [0.5, 0.6) is 5.75 Å². The van der Waals surface area contributed by atoms with Crippen molar-refractivity contribution >= 4 is 17.5 Å². The lowest BCUT2D eigenvalue weighted by Crippen LogP contribution is -2.50. The van der Waals surface area contributed by atoms with Gasteiger partial charge < -0.3 is 24.5 Å². The van der Waals surface area contributed by atoms with Crippen LogP contribution in [0.1, 0.15) is 80.1 Å². The van der Waals surface area contributed by atoms with Crippen LogP contribution in [0, 0.1) is 0 Å². The molecule has 0 aliphatic carbocycles. The number of aryl methyl sites for hydroxylation is 1. The number of carbonyl (C=O) groups excluding carboxylic acids is 2. The summed E-state index contributed by atoms with van der Waals surface area (Å²) in [6, 6.07) is 15.8. The highest BCUT2D eigenvalue weighted by atomic mass is 16.5. The van der Waals surface area contributed by atoms with Gasteiger partial charge in [0.25, 0.3) is 5.91 Å². The zero-order valence-corrected chi connectivity index (χ0v) is 23.8. The third kappa shape index (κ3) is 7.43. The van der Waals surface area contributed by atoms with E-state index in [4.69, 9.17) is 4.74 Å². The Kier molecular flexibility index (Phi) is 10.1. The van der Waals surface area contributed by atoms with E-state index in [1.807, 2.05) is 46.2 Å². The number of aliphatic hydroxyl groups is 1. The summed E-state index contributed by atoms with van der Waals surface area (Å²) in [5.41, 5.74) is 2.97. The maximum atomic E-state index is 13.1. The fraction of sp³-hybridized carbons (Fsp3) is 0.576. The van der Waals surface area contributed by atoms with Crippen LogP contribution in [-0.2, 0) is 11.2 Å². The SMILES string of the molecule is O=C(c1ccc(OCCCCCCC(O)CN2CCCC2)cc1)N1CCC(N2C(=O)CCc3ccccc32)CC1. The van der Waals surface area contributed by atoms with E-state index in [2.05, 4.69) is 17.0 Å². The molecule has 1 atom stereocenters. The van der Waals surface area contributed by atoms with E-state index in [0.717, 1.165) is 82.4 Å². The largest absolute Gasteiger partial charge is 0.494 e. The number of hydrogen-bond acceptors (Lipinski definition) is 5. The molecule has 2 amide bonds. The minimum absolute atomic E-state index is 0.0438. The molecule has 216 valence electrons. The van der Waals surface area contributed by atoms with E-state index < -0.39 is 0 Å². The van der Waals surface area contributed by atoms with Crippen molar-refractivity contribution in [3.63, 3.8) is 0 Å². The summed E-state index contributed by atoms with van der Waals surface area (Å²) in [5, 5.41) is 10.2. The number of rotatable bonds is 12. The van der Waals surface area contributed by atoms with Gasteiger partial charge in [0, 0.05) is 43.3 Å². The molecule has 0 radical (unpaired) electrons. The summed E-state index contributed by atoms with van der Waals surface area (Å²) >= 11 is 0. The number of amides is 2. The number of fused-ring (bicyclic) bond motifs is 1. The highest BCUT2D eigenvalue weighted by molar-refractivity contribution is 5.97. The summed E-state index contributed by atoms with van der Waals surface area (Å²) in [4.78, 5) is 32.2. The Balaban J connectivity index is 0.988. The van der Waals surface area contributed by atoms with Gasteiger partial charge in [0.15, 0.2) is 0 Å². The molecule has 2 aromatic rings. The van der Waals surface area contributed by atoms with Gasteiger partial charge in [0.2, 0.25) is 5.91 Å². The Morgan fingerprint density at radius 2 is 1.62 bits per heavy atom. The number of nitrogens with zero attached hydrogens (tertiary/aromatic N) is 3. The van der Waals surface area contributed by atoms with Crippen molar-refractivity contribution in [2.75, 3.05) is 44.2 Å². The third-order valence-electron chi connectivity index (χ3n) is 8.71. The third-order valence-corrected chi connectivity index (χ3v) is 8.71. The van der Waals surface area contributed by atoms with Crippen molar-refractivity contribution in [2.24, 2.45) is 0 Å². The van der Waals surface area contributed by atoms with Gasteiger partial charge in [-0.25, -0.2) is 0 Å². The number of benzene rings is 2. The Morgan fingerprint density at radius 3 is 2.40 bits per heavy atom. The molecular formula is C33H45N3O4. The summed E-state index contributed by atoms with van der Waals surface area (Å²) in [6.07, 6.45) is 10.4. The maximum Gasteiger partial charge on any atom is 0.253 e. The average molecular weight is 548 g/mol. The quantitative estimate of drug-likeness (QED) is 0.376. The number of carbonyl (C=O) groups is 2. The molecule has 5 rings (SSSR count). The van der Waals surface area contributed by atoms with Crippen LogP contribution < -0.4 is 9.64 Å². The Hall–Kier alpha value is -2.90. The number of para-hydroxylation sites is 1. The first kappa shape index (κ1) is 28.6. The fourth-order valence-corrected chi connectivity index (χ4v) is 6.44. The first-order valence-corrected chi connectivity index (χ1v) is 15.4. The second kappa shape index (κ2) is 14.1. The molecule has 40 heavy (non-hydrogen) atoms. The number of aliphatic hydroxyl groups excluding tert-OH is 1. The summed E-state index contributed by atoms with van der Waals surface area (Å²) in [6.45, 7) is 5.08. The minimum Gasteiger partial charge on any atom is -0.494 e. The second-order valence-corrected chi connectivity index (χ2v) is 11.7. The highest BCUT2D eigenvalue weighted by Gasteiger charge is 2.33. The minimum atomic E-state index is -0.196. The monoisotopic (exact) mass is 547 g/mol. The number of unbranched alkanes of at least 4 members (excludes halogenated alkanes) is 3. The fourth-order valence-electron chi connectivity index (χ4n) is 6.44. The van der Waals surface area contributed by atoms with Gasteiger partial charge in [-0.2, -0.15) is 0 Å². The van der Waals surface area contributed by atoms with E-state index in [-0.39, 0.29) is 24.0 Å². The summed E-state index contributed by atoms with van der Waals surface area (Å²) in [5.74, 6) is 1.03. The van der Waals surface area contributed by atoms with Crippen molar-refractivity contribution in [1.82, 2.24) is 9.80 Å². The molecule has 3 aliphatic heterocycles. The van der Waals surface area contributed by atoms with Gasteiger partial charge in [-0.05, 0) is 93.9 Å². The molecule has 0 aromatic heterocycles. The summed E-state index contributed by atoms with van der Waals surface area (Å²) in [7, 11) is 0. The number of hydrogen-bond donors (Lipinski definition) is 1. The van der Waals surface area contributed by atoms with Crippen LogP contribution in [0.3, 0.4) is 0 Å². The van der Waals surface area contributed by atoms with Gasteiger partial charge >= 0.3 is 0 Å². The normalized spacial score (nSPS) is 19.1. The van der Waals surface area contributed by atoms with E-state index in [9.17, 15) is 14.7 Å². The van der Waals surface area contributed by atoms with Gasteiger partial charge in [-0.15, -0.1) is 0 Å². The van der Waals surface area contributed by atoms with E-state index in [1.165, 1.54) is 18.4 Å². The average Bonchev–Trinajstić information content (AvgIpc) is 3.50. The number of ether oxygens (including phenoxy) is 1. The van der Waals surface area contributed by atoms with Crippen LogP contribution in [0.25, 0.3) is 0 Å². The zero-order chi connectivity index (χ0) is 27.7. The number of anilines is 1. The van der Waals surface area contributed by atoms with Crippen LogP contribution in [0.2, 0.25) is 0 Å². The lowest BCUT2D eigenvalue weighted by Gasteiger charge is -2.41. The predicted octanol–water partition coefficient (Wildman–Crippen LogP) is 5.06. The second-order valence-electron chi connectivity index (χ2n) is 11.7. The van der Waals surface area contributed by atoms with Gasteiger partial charge in [0.1, 0.15) is 5.75 Å². The zero-order valence-electron chi connectivity index (χ0n) is 23.8. The highest BCUT2D eigenvalue weighted by Crippen LogP contribution is 2.32. The number of likely N-dealkylation sites (tertiary alicyclic amines) is 2. The molecule has 7 nitrogen and oxygen atoms in total. The van der Waals surface area contributed by atoms with E-state index in [0.29, 0.717) is 31.7 Å². The molecule has 3 aliphatic rings. The lowest BCUT2D eigenvalue weighted by atomic mass is 9.95. The molecule has 0 saturated carbocycles. The standard InChI is InChI=1S/C33H45N3O4/c37-29(25-34-20-6-7-21-34)10-3-1-2-8-24-40-30-15-12-27(13-16-30)33(39)35-22-18-28(19-23-35)36-31-11-5-4-9-26(31)14-17-32(36)38/h4-5,9,11-13,15-16,28-29,37H,1-3,6-8,10,14,17-25H2. The van der Waals surface area contributed by atoms with Crippen molar-refractivity contribution in [2.45, 2.75) is 82.8 Å². The van der Waals surface area contributed by atoms with Gasteiger partial charge in [0.05, 0.1) is 12.7 Å². The van der Waals surface area contributed by atoms with Crippen molar-refractivity contribution in [3.05, 3.63) is 59.7 Å². The molecule has 0 bridgehead atoms. The molecule has 1 unspecified atom stereocenters. The Bertz CT molecular complexity index is 1110. The van der Waals surface area contributed by atoms with Crippen LogP contribution in [0.15, 0.2) is 48.5 Å². The molecule has 2 fully saturated rings. The molecular weight excluding hydrogens is 502 g/mol. The van der Waals surface area contributed by atoms with Crippen LogP contribution in [0.4, 0.5) is 5.69 Å². The predicted molar refractivity (Wildman–Crippen MR) is 158 cm³/mol. The summed E-state index contributed by atoms with van der Waals surface area (Å²) < 4.78 is 5.90. The first-order valence-electron chi connectivity index (χ1n) is 15.4. The van der Waals surface area contributed by atoms with Crippen molar-refractivity contribution < 1.29 is 19.4 Å². The van der Waals surface area contributed by atoms with Crippen molar-refractivity contribution in [1.29, 1.82) is 0 Å². The molecule has 2 saturated heterocycles. The van der Waals surface area contributed by atoms with Gasteiger partial charge in [-0.3, -0.25) is 9.59 Å². The lowest BCUT2D eigenvalue weighted by molar-refractivity contribution is -0.119. The Morgan fingerprint density at radius 1 is 0.900 bits per heavy atom.